The van der Waals surface area contributed by atoms with Crippen LogP contribution in [0.4, 0.5) is 5.69 Å². The number of halogens is 1. The topological polar surface area (TPSA) is 162 Å². The van der Waals surface area contributed by atoms with Crippen molar-refractivity contribution in [2.75, 3.05) is 31.8 Å². The molecule has 1 aliphatic heterocycles. The van der Waals surface area contributed by atoms with Crippen molar-refractivity contribution < 1.29 is 22.7 Å². The second-order valence-corrected chi connectivity index (χ2v) is 14.6. The Bertz CT molecular complexity index is 2260. The molecule has 2 amide bonds. The number of carbonyl (C=O) groups is 2. The molecule has 13 nitrogen and oxygen atoms in total. The van der Waals surface area contributed by atoms with E-state index in [4.69, 9.17) is 21.3 Å². The number of ether oxygens (including phenoxy) is 1. The van der Waals surface area contributed by atoms with Crippen LogP contribution in [0.1, 0.15) is 39.5 Å². The third-order valence-electron chi connectivity index (χ3n) is 9.17. The summed E-state index contributed by atoms with van der Waals surface area (Å²) in [5.41, 5.74) is 4.60. The molecule has 15 heteroatoms. The van der Waals surface area contributed by atoms with Gasteiger partial charge in [0.15, 0.2) is 0 Å². The van der Waals surface area contributed by atoms with Crippen LogP contribution in [0.3, 0.4) is 0 Å². The lowest BCUT2D eigenvalue weighted by atomic mass is 9.94. The Balaban J connectivity index is 1.27. The average molecular weight is 707 g/mol. The maximum absolute atomic E-state index is 13.2. The molecule has 2 aromatic carbocycles. The van der Waals surface area contributed by atoms with Crippen LogP contribution in [0, 0.1) is 12.8 Å². The molecule has 0 bridgehead atoms. The van der Waals surface area contributed by atoms with E-state index in [9.17, 15) is 27.6 Å². The highest BCUT2D eigenvalue weighted by atomic mass is 35.5. The quantitative estimate of drug-likeness (QED) is 0.281. The Morgan fingerprint density at radius 2 is 1.71 bits per heavy atom. The van der Waals surface area contributed by atoms with Gasteiger partial charge >= 0.3 is 5.69 Å². The van der Waals surface area contributed by atoms with Crippen molar-refractivity contribution in [3.8, 4) is 28.3 Å². The number of nitrogens with one attached hydrogen (secondary N) is 2. The van der Waals surface area contributed by atoms with E-state index in [1.807, 2.05) is 37.3 Å². The van der Waals surface area contributed by atoms with Gasteiger partial charge in [0.1, 0.15) is 5.56 Å². The number of fused-ring (bicyclic) bond motifs is 1. The van der Waals surface area contributed by atoms with Gasteiger partial charge in [0, 0.05) is 61.8 Å². The number of rotatable bonds is 8. The second kappa shape index (κ2) is 12.9. The lowest BCUT2D eigenvalue weighted by Crippen LogP contribution is -2.55. The van der Waals surface area contributed by atoms with Gasteiger partial charge in [-0.05, 0) is 48.6 Å². The van der Waals surface area contributed by atoms with Gasteiger partial charge < -0.3 is 14.6 Å². The number of aryl methyl sites for hydroxylation is 2. The van der Waals surface area contributed by atoms with E-state index in [2.05, 4.69) is 14.9 Å². The predicted octanol–water partition coefficient (Wildman–Crippen LogP) is 3.03. The lowest BCUT2D eigenvalue weighted by molar-refractivity contribution is -0.129. The number of pyridine rings is 1. The Labute approximate surface area is 287 Å². The number of nitrogens with zero attached hydrogens (tertiary/aromatic N) is 4. The number of hydrogen-bond donors (Lipinski definition) is 2. The normalized spacial score (nSPS) is 16.2. The Morgan fingerprint density at radius 3 is 2.41 bits per heavy atom. The summed E-state index contributed by atoms with van der Waals surface area (Å²) in [4.78, 5) is 57.2. The standard InChI is InChI=1S/C34H35ClN6O7S/c1-18-21(8-7-11-25(18)36-31(43)24-17-39(2)34(45)40(3)33(24)44)22-9-6-10-23(29(22)35)26-14-19-12-13-27(28(19)32(37-26)48-4)41-15-20(16-41)30(42)38-49(5,46)47/h6-11,14,17,20,27H,12-13,15-16H2,1-5H3,(H,36,43)(H,38,42)/t27-/m0/s1. The van der Waals surface area contributed by atoms with Crippen molar-refractivity contribution in [1.29, 1.82) is 0 Å². The van der Waals surface area contributed by atoms with Crippen molar-refractivity contribution in [2.24, 2.45) is 20.0 Å². The fourth-order valence-electron chi connectivity index (χ4n) is 6.59. The fourth-order valence-corrected chi connectivity index (χ4v) is 7.45. The van der Waals surface area contributed by atoms with Crippen LogP contribution < -0.4 is 26.0 Å². The summed E-state index contributed by atoms with van der Waals surface area (Å²) < 4.78 is 32.9. The van der Waals surface area contributed by atoms with Gasteiger partial charge in [0.2, 0.25) is 21.8 Å². The monoisotopic (exact) mass is 706 g/mol. The molecule has 3 heterocycles. The predicted molar refractivity (Wildman–Crippen MR) is 185 cm³/mol. The molecule has 4 aromatic rings. The van der Waals surface area contributed by atoms with Gasteiger partial charge in [-0.1, -0.05) is 41.9 Å². The Kier molecular flexibility index (Phi) is 8.98. The number of likely N-dealkylation sites (tertiary alicyclic amines) is 1. The van der Waals surface area contributed by atoms with E-state index in [0.29, 0.717) is 46.5 Å². The first-order valence-corrected chi connectivity index (χ1v) is 17.8. The number of sulfonamides is 1. The number of anilines is 1. The van der Waals surface area contributed by atoms with E-state index >= 15 is 0 Å². The van der Waals surface area contributed by atoms with Crippen LogP contribution in [-0.2, 0) is 35.3 Å². The Morgan fingerprint density at radius 1 is 1.04 bits per heavy atom. The lowest BCUT2D eigenvalue weighted by Gasteiger charge is -2.42. The second-order valence-electron chi connectivity index (χ2n) is 12.4. The molecule has 1 aliphatic carbocycles. The molecule has 0 unspecified atom stereocenters. The smallest absolute Gasteiger partial charge is 0.330 e. The maximum Gasteiger partial charge on any atom is 0.330 e. The highest BCUT2D eigenvalue weighted by Gasteiger charge is 2.42. The number of methoxy groups -OCH3 is 1. The maximum atomic E-state index is 13.2. The zero-order valence-corrected chi connectivity index (χ0v) is 29.1. The first-order valence-electron chi connectivity index (χ1n) is 15.5. The number of hydrogen-bond acceptors (Lipinski definition) is 9. The van der Waals surface area contributed by atoms with Crippen LogP contribution in [0.2, 0.25) is 5.02 Å². The third-order valence-corrected chi connectivity index (χ3v) is 10.1. The summed E-state index contributed by atoms with van der Waals surface area (Å²) in [5, 5.41) is 3.26. The molecule has 1 saturated heterocycles. The largest absolute Gasteiger partial charge is 0.481 e. The molecule has 2 N–H and O–H groups in total. The first-order chi connectivity index (χ1) is 23.2. The molecule has 1 fully saturated rings. The molecular formula is C34H35ClN6O7S. The SMILES string of the molecule is COc1nc(-c2cccc(-c3cccc(NC(=O)c4cn(C)c(=O)n(C)c4=O)c3C)c2Cl)cc2c1[C@@H](N1CC(C(=O)NS(C)(=O)=O)C1)CC2. The van der Waals surface area contributed by atoms with E-state index in [-0.39, 0.29) is 11.6 Å². The van der Waals surface area contributed by atoms with E-state index in [1.165, 1.54) is 24.9 Å². The summed E-state index contributed by atoms with van der Waals surface area (Å²) in [7, 11) is 0.734. The van der Waals surface area contributed by atoms with Crippen molar-refractivity contribution in [3.05, 3.63) is 96.8 Å². The van der Waals surface area contributed by atoms with Crippen molar-refractivity contribution in [2.45, 2.75) is 25.8 Å². The molecule has 256 valence electrons. The highest BCUT2D eigenvalue weighted by molar-refractivity contribution is 7.89. The zero-order chi connectivity index (χ0) is 35.4. The molecule has 0 radical (unpaired) electrons. The zero-order valence-electron chi connectivity index (χ0n) is 27.5. The van der Waals surface area contributed by atoms with E-state index in [1.54, 1.807) is 19.2 Å². The molecule has 0 spiro atoms. The van der Waals surface area contributed by atoms with Gasteiger partial charge in [0.25, 0.3) is 11.5 Å². The van der Waals surface area contributed by atoms with E-state index in [0.717, 1.165) is 45.9 Å². The van der Waals surface area contributed by atoms with E-state index < -0.39 is 39.0 Å². The molecule has 6 rings (SSSR count). The van der Waals surface area contributed by atoms with Gasteiger partial charge in [-0.2, -0.15) is 0 Å². The summed E-state index contributed by atoms with van der Waals surface area (Å²) >= 11 is 7.09. The van der Waals surface area contributed by atoms with Gasteiger partial charge in [-0.25, -0.2) is 18.2 Å². The summed E-state index contributed by atoms with van der Waals surface area (Å²) in [6.45, 7) is 2.71. The summed E-state index contributed by atoms with van der Waals surface area (Å²) in [6.07, 6.45) is 3.75. The van der Waals surface area contributed by atoms with Crippen molar-refractivity contribution in [1.82, 2.24) is 23.7 Å². The number of carbonyl (C=O) groups excluding carboxylic acids is 2. The Hall–Kier alpha value is -4.79. The van der Waals surface area contributed by atoms with Crippen LogP contribution in [0.25, 0.3) is 22.4 Å². The summed E-state index contributed by atoms with van der Waals surface area (Å²) in [5.74, 6) is -1.08. The van der Waals surface area contributed by atoms with Crippen molar-refractivity contribution >= 4 is 39.1 Å². The van der Waals surface area contributed by atoms with Gasteiger partial charge in [-0.15, -0.1) is 0 Å². The first kappa shape index (κ1) is 34.1. The molecule has 2 aromatic heterocycles. The molecule has 1 atom stereocenters. The van der Waals surface area contributed by atoms with Gasteiger partial charge in [-0.3, -0.25) is 28.6 Å². The van der Waals surface area contributed by atoms with Crippen LogP contribution in [-0.4, -0.2) is 65.7 Å². The van der Waals surface area contributed by atoms with Crippen LogP contribution in [0.15, 0.2) is 58.3 Å². The minimum Gasteiger partial charge on any atom is -0.481 e. The molecular weight excluding hydrogens is 672 g/mol. The van der Waals surface area contributed by atoms with Crippen LogP contribution in [0.5, 0.6) is 5.88 Å². The van der Waals surface area contributed by atoms with Crippen molar-refractivity contribution in [3.63, 3.8) is 0 Å². The molecule has 49 heavy (non-hydrogen) atoms. The minimum atomic E-state index is -3.62. The highest BCUT2D eigenvalue weighted by Crippen LogP contribution is 2.46. The molecule has 2 aliphatic rings. The fraction of sp³-hybridized carbons (Fsp3) is 0.324. The van der Waals surface area contributed by atoms with Gasteiger partial charge in [0.05, 0.1) is 30.0 Å². The summed E-state index contributed by atoms with van der Waals surface area (Å²) in [6, 6.07) is 13.0. The van der Waals surface area contributed by atoms with Crippen LogP contribution >= 0.6 is 11.6 Å². The molecule has 0 saturated carbocycles. The minimum absolute atomic E-state index is 0.0165. The number of amides is 2. The average Bonchev–Trinajstić information content (AvgIpc) is 3.44. The number of benzene rings is 2. The number of aromatic nitrogens is 3. The third kappa shape index (κ3) is 6.38.